The third kappa shape index (κ3) is 7.76. The Bertz CT molecular complexity index is 5370. The first kappa shape index (κ1) is 49.6. The Kier molecular flexibility index (Phi) is 11.2. The van der Waals surface area contributed by atoms with E-state index >= 15 is 0 Å². The van der Waals surface area contributed by atoms with Gasteiger partial charge in [-0.1, -0.05) is 206 Å². The van der Waals surface area contributed by atoms with E-state index in [0.717, 1.165) is 133 Å². The van der Waals surface area contributed by atoms with E-state index in [2.05, 4.69) is 322 Å². The average Bonchev–Trinajstić information content (AvgIpc) is 2.06. The normalized spacial score (nSPS) is 11.9. The van der Waals surface area contributed by atoms with E-state index in [1.165, 1.54) is 32.7 Å². The Morgan fingerprint density at radius 2 is 0.568 bits per heavy atom. The second kappa shape index (κ2) is 19.9. The number of aromatic nitrogens is 2. The summed E-state index contributed by atoms with van der Waals surface area (Å²) in [7, 11) is 0. The highest BCUT2D eigenvalue weighted by atomic mass is 16.3. The molecular formula is C82H52N4O2. The van der Waals surface area contributed by atoms with Gasteiger partial charge in [0.15, 0.2) is 11.2 Å². The molecule has 18 rings (SSSR count). The molecule has 0 aliphatic carbocycles. The summed E-state index contributed by atoms with van der Waals surface area (Å²) in [6.45, 7) is 0. The Balaban J connectivity index is 0.859. The molecule has 88 heavy (non-hydrogen) atoms. The van der Waals surface area contributed by atoms with Gasteiger partial charge in [-0.05, 0) is 142 Å². The fourth-order valence-electron chi connectivity index (χ4n) is 13.9. The fourth-order valence-corrected chi connectivity index (χ4v) is 13.9. The minimum atomic E-state index is 0.838. The highest BCUT2D eigenvalue weighted by Crippen LogP contribution is 2.49. The van der Waals surface area contributed by atoms with E-state index in [0.29, 0.717) is 0 Å². The van der Waals surface area contributed by atoms with Gasteiger partial charge in [-0.2, -0.15) is 0 Å². The molecule has 6 heteroatoms. The predicted octanol–water partition coefficient (Wildman–Crippen LogP) is 23.1. The number of anilines is 6. The lowest BCUT2D eigenvalue weighted by molar-refractivity contribution is 0.668. The van der Waals surface area contributed by atoms with Crippen molar-refractivity contribution < 1.29 is 8.83 Å². The number of benzene rings is 14. The number of nitrogens with zero attached hydrogens (tertiary/aromatic N) is 4. The molecule has 0 radical (unpaired) electrons. The zero-order chi connectivity index (χ0) is 57.8. The molecule has 6 nitrogen and oxygen atoms in total. The number of para-hydroxylation sites is 6. The van der Waals surface area contributed by atoms with Crippen LogP contribution in [-0.4, -0.2) is 9.13 Å². The highest BCUT2D eigenvalue weighted by Gasteiger charge is 2.26. The van der Waals surface area contributed by atoms with E-state index in [4.69, 9.17) is 8.83 Å². The largest absolute Gasteiger partial charge is 0.454 e. The Morgan fingerprint density at radius 1 is 0.227 bits per heavy atom. The van der Waals surface area contributed by atoms with Gasteiger partial charge < -0.3 is 27.8 Å². The number of hydrogen-bond donors (Lipinski definition) is 0. The standard InChI is InChI=1S/C82H52N4O2/c1-5-19-53(20-6-1)55-35-39-59(40-36-55)83(73-31-17-29-67-63-27-13-15-33-77(63)87-81(67)73)61-43-45-69-75(51-61)85(57-23-9-3-10-24-57)71-49-47-66-65(79(69)71)48-50-72-80(66)70-46-44-62(52-76(70)86(72)58-25-11-4-12-26-58)84(60-41-37-56(38-42-60)54-21-7-2-8-22-54)74-32-18-30-68-64-28-14-16-34-78(64)88-82(68)74/h1-52H. The molecule has 0 saturated heterocycles. The van der Waals surface area contributed by atoms with Crippen molar-refractivity contribution in [2.75, 3.05) is 9.80 Å². The van der Waals surface area contributed by atoms with Crippen molar-refractivity contribution in [3.05, 3.63) is 315 Å². The van der Waals surface area contributed by atoms with Crippen LogP contribution in [0.2, 0.25) is 0 Å². The molecule has 0 amide bonds. The van der Waals surface area contributed by atoms with Gasteiger partial charge in [-0.15, -0.1) is 0 Å². The molecule has 0 N–H and O–H groups in total. The summed E-state index contributed by atoms with van der Waals surface area (Å²) >= 11 is 0. The summed E-state index contributed by atoms with van der Waals surface area (Å²) in [6, 6.07) is 114. The summed E-state index contributed by atoms with van der Waals surface area (Å²) in [5, 5.41) is 11.4. The molecule has 0 fully saturated rings. The molecule has 0 unspecified atom stereocenters. The molecule has 0 saturated carbocycles. The van der Waals surface area contributed by atoms with Crippen LogP contribution >= 0.6 is 0 Å². The van der Waals surface area contributed by atoms with Crippen LogP contribution in [0.3, 0.4) is 0 Å². The van der Waals surface area contributed by atoms with E-state index in [9.17, 15) is 0 Å². The Hall–Kier alpha value is -11.9. The first-order chi connectivity index (χ1) is 43.7. The Morgan fingerprint density at radius 3 is 0.989 bits per heavy atom. The van der Waals surface area contributed by atoms with Crippen LogP contribution in [0.25, 0.3) is 132 Å². The summed E-state index contributed by atoms with van der Waals surface area (Å²) < 4.78 is 18.5. The molecule has 0 aliphatic heterocycles. The molecule has 18 aromatic rings. The van der Waals surface area contributed by atoms with Crippen molar-refractivity contribution in [3.8, 4) is 33.6 Å². The van der Waals surface area contributed by atoms with Gasteiger partial charge >= 0.3 is 0 Å². The summed E-state index contributed by atoms with van der Waals surface area (Å²) in [5.74, 6) is 0. The predicted molar refractivity (Wildman–Crippen MR) is 367 cm³/mol. The fraction of sp³-hybridized carbons (Fsp3) is 0. The zero-order valence-corrected chi connectivity index (χ0v) is 47.6. The quantitative estimate of drug-likeness (QED) is 0.137. The van der Waals surface area contributed by atoms with Gasteiger partial charge in [0.1, 0.15) is 11.2 Å². The minimum Gasteiger partial charge on any atom is -0.454 e. The van der Waals surface area contributed by atoms with Crippen molar-refractivity contribution in [2.45, 2.75) is 0 Å². The van der Waals surface area contributed by atoms with Crippen molar-refractivity contribution >= 4 is 132 Å². The highest BCUT2D eigenvalue weighted by molar-refractivity contribution is 6.30. The summed E-state index contributed by atoms with van der Waals surface area (Å²) in [5.41, 5.74) is 20.7. The maximum absolute atomic E-state index is 6.82. The SMILES string of the molecule is c1ccc(-c2ccc(N(c3ccc4c5c6ccc7c(c6ccc5n(-c5ccccc5)c4c3)c3ccc(N(c4ccc(-c5ccccc5)cc4)c4cccc5c4oc4ccccc45)cc3n7-c3ccccc3)c3cccc4c3oc3ccccc34)cc2)cc1. The topological polar surface area (TPSA) is 42.6 Å². The van der Waals surface area contributed by atoms with Crippen LogP contribution in [0.15, 0.2) is 324 Å². The van der Waals surface area contributed by atoms with E-state index in [1.807, 2.05) is 12.1 Å². The molecule has 412 valence electrons. The van der Waals surface area contributed by atoms with E-state index < -0.39 is 0 Å². The lowest BCUT2D eigenvalue weighted by atomic mass is 9.99. The smallest absolute Gasteiger partial charge is 0.159 e. The first-order valence-electron chi connectivity index (χ1n) is 30.0. The minimum absolute atomic E-state index is 0.838. The number of hydrogen-bond acceptors (Lipinski definition) is 4. The van der Waals surface area contributed by atoms with Gasteiger partial charge in [0, 0.05) is 77.2 Å². The zero-order valence-electron chi connectivity index (χ0n) is 47.6. The van der Waals surface area contributed by atoms with Crippen molar-refractivity contribution in [3.63, 3.8) is 0 Å². The van der Waals surface area contributed by atoms with Crippen LogP contribution in [0.4, 0.5) is 34.1 Å². The molecule has 0 spiro atoms. The van der Waals surface area contributed by atoms with Gasteiger partial charge in [-0.25, -0.2) is 0 Å². The molecule has 14 aromatic carbocycles. The van der Waals surface area contributed by atoms with Crippen LogP contribution in [0.5, 0.6) is 0 Å². The van der Waals surface area contributed by atoms with Gasteiger partial charge in [0.25, 0.3) is 0 Å². The number of fused-ring (bicyclic) bond motifs is 15. The molecule has 4 heterocycles. The molecule has 4 aromatic heterocycles. The van der Waals surface area contributed by atoms with E-state index in [-0.39, 0.29) is 0 Å². The van der Waals surface area contributed by atoms with Crippen LogP contribution in [0.1, 0.15) is 0 Å². The first-order valence-corrected chi connectivity index (χ1v) is 30.0. The maximum Gasteiger partial charge on any atom is 0.159 e. The van der Waals surface area contributed by atoms with Gasteiger partial charge in [-0.3, -0.25) is 0 Å². The lowest BCUT2D eigenvalue weighted by Crippen LogP contribution is -2.10. The van der Waals surface area contributed by atoms with Crippen molar-refractivity contribution in [1.82, 2.24) is 9.13 Å². The lowest BCUT2D eigenvalue weighted by Gasteiger charge is -2.26. The molecular weight excluding hydrogens is 1070 g/mol. The molecule has 0 bridgehead atoms. The van der Waals surface area contributed by atoms with Crippen molar-refractivity contribution in [1.29, 1.82) is 0 Å². The second-order valence-corrected chi connectivity index (χ2v) is 22.8. The number of furan rings is 2. The monoisotopic (exact) mass is 1120 g/mol. The third-order valence-corrected chi connectivity index (χ3v) is 17.9. The van der Waals surface area contributed by atoms with Crippen LogP contribution in [-0.2, 0) is 0 Å². The van der Waals surface area contributed by atoms with Gasteiger partial charge in [0.2, 0.25) is 0 Å². The van der Waals surface area contributed by atoms with Crippen LogP contribution in [0, 0.1) is 0 Å². The van der Waals surface area contributed by atoms with Gasteiger partial charge in [0.05, 0.1) is 33.4 Å². The summed E-state index contributed by atoms with van der Waals surface area (Å²) in [4.78, 5) is 4.72. The van der Waals surface area contributed by atoms with E-state index in [1.54, 1.807) is 0 Å². The van der Waals surface area contributed by atoms with Crippen molar-refractivity contribution in [2.24, 2.45) is 0 Å². The third-order valence-electron chi connectivity index (χ3n) is 17.9. The second-order valence-electron chi connectivity index (χ2n) is 22.8. The molecule has 0 aliphatic rings. The summed E-state index contributed by atoms with van der Waals surface area (Å²) in [6.07, 6.45) is 0. The molecule has 0 atom stereocenters. The Labute approximate surface area is 506 Å². The number of rotatable bonds is 10. The van der Waals surface area contributed by atoms with Crippen LogP contribution < -0.4 is 9.80 Å². The maximum atomic E-state index is 6.82. The average molecular weight is 1130 g/mol.